The Morgan fingerprint density at radius 3 is 2.79 bits per heavy atom. The number of aromatic nitrogens is 3. The van der Waals surface area contributed by atoms with Gasteiger partial charge in [-0.25, -0.2) is 0 Å². The van der Waals surface area contributed by atoms with Crippen LogP contribution in [-0.2, 0) is 13.0 Å². The second-order valence-electron chi connectivity index (χ2n) is 4.83. The molecule has 19 heavy (non-hydrogen) atoms. The first-order valence-corrected chi connectivity index (χ1v) is 7.06. The van der Waals surface area contributed by atoms with Crippen LogP contribution in [0.25, 0.3) is 0 Å². The number of nitrogens with zero attached hydrogens (tertiary/aromatic N) is 4. The van der Waals surface area contributed by atoms with Crippen molar-refractivity contribution in [3.63, 3.8) is 0 Å². The summed E-state index contributed by atoms with van der Waals surface area (Å²) in [4.78, 5) is 4.53. The van der Waals surface area contributed by atoms with E-state index in [1.165, 1.54) is 0 Å². The fraction of sp³-hybridized carbons (Fsp3) is 0.769. The van der Waals surface area contributed by atoms with Gasteiger partial charge in [-0.3, -0.25) is 4.99 Å². The highest BCUT2D eigenvalue weighted by Crippen LogP contribution is 1.95. The fourth-order valence-electron chi connectivity index (χ4n) is 1.65. The van der Waals surface area contributed by atoms with Gasteiger partial charge < -0.3 is 15.2 Å². The topological polar surface area (TPSA) is 67.1 Å². The van der Waals surface area contributed by atoms with Crippen LogP contribution >= 0.6 is 0 Å². The van der Waals surface area contributed by atoms with Crippen LogP contribution in [0.4, 0.5) is 0 Å². The molecule has 0 aliphatic rings. The summed E-state index contributed by atoms with van der Waals surface area (Å²) in [6, 6.07) is 0. The standard InChI is InChI=1S/C13H26N6/c1-5-12-18-17-10-19(12)8-7-15-13(14-6-2)16-9-11(3)4/h10-11H,5-9H2,1-4H3,(H2,14,15,16). The van der Waals surface area contributed by atoms with E-state index in [0.717, 1.165) is 44.4 Å². The largest absolute Gasteiger partial charge is 0.357 e. The third-order valence-corrected chi connectivity index (χ3v) is 2.62. The Morgan fingerprint density at radius 1 is 1.37 bits per heavy atom. The molecule has 0 aromatic carbocycles. The van der Waals surface area contributed by atoms with Crippen LogP contribution in [0.15, 0.2) is 11.3 Å². The zero-order valence-corrected chi connectivity index (χ0v) is 12.5. The minimum Gasteiger partial charge on any atom is -0.357 e. The highest BCUT2D eigenvalue weighted by atomic mass is 15.3. The Hall–Kier alpha value is -1.59. The van der Waals surface area contributed by atoms with E-state index in [2.05, 4.69) is 58.1 Å². The van der Waals surface area contributed by atoms with Gasteiger partial charge in [-0.1, -0.05) is 20.8 Å². The maximum Gasteiger partial charge on any atom is 0.191 e. The highest BCUT2D eigenvalue weighted by molar-refractivity contribution is 5.79. The van der Waals surface area contributed by atoms with Crippen LogP contribution in [0, 0.1) is 5.92 Å². The molecule has 1 heterocycles. The van der Waals surface area contributed by atoms with Crippen molar-refractivity contribution in [2.75, 3.05) is 19.6 Å². The smallest absolute Gasteiger partial charge is 0.191 e. The van der Waals surface area contributed by atoms with Crippen LogP contribution in [0.3, 0.4) is 0 Å². The lowest BCUT2D eigenvalue weighted by atomic mass is 10.2. The number of rotatable bonds is 7. The van der Waals surface area contributed by atoms with E-state index >= 15 is 0 Å². The molecular formula is C13H26N6. The first-order chi connectivity index (χ1) is 9.17. The van der Waals surface area contributed by atoms with E-state index in [1.54, 1.807) is 6.33 Å². The van der Waals surface area contributed by atoms with E-state index < -0.39 is 0 Å². The zero-order valence-electron chi connectivity index (χ0n) is 12.5. The number of hydrogen-bond acceptors (Lipinski definition) is 3. The second kappa shape index (κ2) is 8.50. The number of hydrogen-bond donors (Lipinski definition) is 2. The van der Waals surface area contributed by atoms with Gasteiger partial charge in [-0.05, 0) is 12.8 Å². The molecule has 0 fully saturated rings. The van der Waals surface area contributed by atoms with Crippen molar-refractivity contribution < 1.29 is 0 Å². The average molecular weight is 266 g/mol. The molecule has 6 nitrogen and oxygen atoms in total. The van der Waals surface area contributed by atoms with E-state index in [1.807, 2.05) is 0 Å². The van der Waals surface area contributed by atoms with Crippen molar-refractivity contribution in [2.45, 2.75) is 40.7 Å². The molecule has 0 amide bonds. The Labute approximate surface area is 115 Å². The lowest BCUT2D eigenvalue weighted by molar-refractivity contribution is 0.624. The Bertz CT molecular complexity index is 382. The molecule has 6 heteroatoms. The molecular weight excluding hydrogens is 240 g/mol. The van der Waals surface area contributed by atoms with E-state index in [9.17, 15) is 0 Å². The van der Waals surface area contributed by atoms with Crippen molar-refractivity contribution in [1.82, 2.24) is 25.4 Å². The summed E-state index contributed by atoms with van der Waals surface area (Å²) in [5, 5.41) is 14.6. The highest BCUT2D eigenvalue weighted by Gasteiger charge is 2.02. The van der Waals surface area contributed by atoms with Crippen LogP contribution < -0.4 is 10.6 Å². The van der Waals surface area contributed by atoms with Gasteiger partial charge in [-0.15, -0.1) is 10.2 Å². The molecule has 0 atom stereocenters. The molecule has 0 saturated heterocycles. The van der Waals surface area contributed by atoms with E-state index in [4.69, 9.17) is 0 Å². The summed E-state index contributed by atoms with van der Waals surface area (Å²) >= 11 is 0. The van der Waals surface area contributed by atoms with Gasteiger partial charge >= 0.3 is 0 Å². The maximum atomic E-state index is 4.53. The molecule has 1 aromatic heterocycles. The third-order valence-electron chi connectivity index (χ3n) is 2.62. The molecule has 108 valence electrons. The normalized spacial score (nSPS) is 11.9. The first kappa shape index (κ1) is 15.5. The van der Waals surface area contributed by atoms with Crippen LogP contribution in [0.2, 0.25) is 0 Å². The minimum absolute atomic E-state index is 0.569. The van der Waals surface area contributed by atoms with Crippen molar-refractivity contribution in [2.24, 2.45) is 10.9 Å². The predicted octanol–water partition coefficient (Wildman–Crippen LogP) is 1.05. The molecule has 0 unspecified atom stereocenters. The SMILES string of the molecule is CCNC(=NCC(C)C)NCCn1cnnc1CC. The Balaban J connectivity index is 2.41. The molecule has 0 bridgehead atoms. The zero-order chi connectivity index (χ0) is 14.1. The van der Waals surface area contributed by atoms with E-state index in [-0.39, 0.29) is 0 Å². The lowest BCUT2D eigenvalue weighted by Gasteiger charge is -2.12. The summed E-state index contributed by atoms with van der Waals surface area (Å²) in [6.45, 7) is 11.9. The van der Waals surface area contributed by atoms with Crippen LogP contribution in [0.1, 0.15) is 33.5 Å². The van der Waals surface area contributed by atoms with E-state index in [0.29, 0.717) is 5.92 Å². The Kier molecular flexibility index (Phi) is 6.92. The molecule has 0 saturated carbocycles. The second-order valence-corrected chi connectivity index (χ2v) is 4.83. The summed E-state index contributed by atoms with van der Waals surface area (Å²) in [5.74, 6) is 2.47. The average Bonchev–Trinajstić information content (AvgIpc) is 2.83. The van der Waals surface area contributed by atoms with Crippen LogP contribution in [-0.4, -0.2) is 40.4 Å². The quantitative estimate of drug-likeness (QED) is 0.572. The summed E-state index contributed by atoms with van der Waals surface area (Å²) in [6.07, 6.45) is 2.68. The van der Waals surface area contributed by atoms with Crippen molar-refractivity contribution >= 4 is 5.96 Å². The third kappa shape index (κ3) is 5.72. The molecule has 0 radical (unpaired) electrons. The monoisotopic (exact) mass is 266 g/mol. The number of nitrogens with one attached hydrogen (secondary N) is 2. The molecule has 0 spiro atoms. The van der Waals surface area contributed by atoms with Gasteiger partial charge in [0.15, 0.2) is 5.96 Å². The number of aliphatic imine (C=N–C) groups is 1. The van der Waals surface area contributed by atoms with Gasteiger partial charge in [0.25, 0.3) is 0 Å². The molecule has 1 aromatic rings. The Morgan fingerprint density at radius 2 is 2.16 bits per heavy atom. The molecule has 1 rings (SSSR count). The fourth-order valence-corrected chi connectivity index (χ4v) is 1.65. The van der Waals surface area contributed by atoms with Gasteiger partial charge in [0.05, 0.1) is 0 Å². The summed E-state index contributed by atoms with van der Waals surface area (Å²) in [5.41, 5.74) is 0. The van der Waals surface area contributed by atoms with Gasteiger partial charge in [0.2, 0.25) is 0 Å². The lowest BCUT2D eigenvalue weighted by Crippen LogP contribution is -2.39. The summed E-state index contributed by atoms with van der Waals surface area (Å²) in [7, 11) is 0. The van der Waals surface area contributed by atoms with Gasteiger partial charge in [0.1, 0.15) is 12.2 Å². The summed E-state index contributed by atoms with van der Waals surface area (Å²) < 4.78 is 2.07. The van der Waals surface area contributed by atoms with Crippen molar-refractivity contribution in [3.8, 4) is 0 Å². The maximum absolute atomic E-state index is 4.53. The van der Waals surface area contributed by atoms with Gasteiger partial charge in [0, 0.05) is 32.6 Å². The number of guanidine groups is 1. The van der Waals surface area contributed by atoms with Crippen molar-refractivity contribution in [3.05, 3.63) is 12.2 Å². The molecule has 0 aliphatic heterocycles. The minimum atomic E-state index is 0.569. The van der Waals surface area contributed by atoms with Crippen molar-refractivity contribution in [1.29, 1.82) is 0 Å². The number of aryl methyl sites for hydroxylation is 1. The molecule has 0 aliphatic carbocycles. The molecule has 2 N–H and O–H groups in total. The van der Waals surface area contributed by atoms with Gasteiger partial charge in [-0.2, -0.15) is 0 Å². The van der Waals surface area contributed by atoms with Crippen LogP contribution in [0.5, 0.6) is 0 Å². The first-order valence-electron chi connectivity index (χ1n) is 7.06. The predicted molar refractivity (Wildman–Crippen MR) is 78.2 cm³/mol.